The molecule has 22 heavy (non-hydrogen) atoms. The number of hydrogen-bond acceptors (Lipinski definition) is 4. The third kappa shape index (κ3) is 3.58. The molecule has 4 heteroatoms. The van der Waals surface area contributed by atoms with E-state index in [0.717, 1.165) is 34.7 Å². The van der Waals surface area contributed by atoms with Gasteiger partial charge in [-0.1, -0.05) is 25.1 Å². The highest BCUT2D eigenvalue weighted by molar-refractivity contribution is 6.02. The Labute approximate surface area is 131 Å². The van der Waals surface area contributed by atoms with Crippen LogP contribution in [0.15, 0.2) is 47.6 Å². The Bertz CT molecular complexity index is 652. The maximum atomic E-state index is 5.39. The lowest BCUT2D eigenvalue weighted by atomic mass is 10.0. The van der Waals surface area contributed by atoms with Gasteiger partial charge in [0.15, 0.2) is 11.5 Å². The number of nitrogens with zero attached hydrogens (tertiary/aromatic N) is 1. The predicted octanol–water partition coefficient (Wildman–Crippen LogP) is 4.24. The SMILES string of the molecule is CCC(=NNc1ccccc1)c1cc(OC)c(OC)cc1C. The molecular formula is C18H22N2O2. The summed E-state index contributed by atoms with van der Waals surface area (Å²) < 4.78 is 10.7. The number of aryl methyl sites for hydroxylation is 1. The molecule has 0 aliphatic carbocycles. The van der Waals surface area contributed by atoms with E-state index in [2.05, 4.69) is 17.5 Å². The van der Waals surface area contributed by atoms with E-state index in [0.29, 0.717) is 5.75 Å². The van der Waals surface area contributed by atoms with Crippen molar-refractivity contribution in [2.75, 3.05) is 19.6 Å². The molecule has 0 saturated heterocycles. The van der Waals surface area contributed by atoms with Crippen LogP contribution in [0.1, 0.15) is 24.5 Å². The van der Waals surface area contributed by atoms with Gasteiger partial charge in [-0.25, -0.2) is 0 Å². The fraction of sp³-hybridized carbons (Fsp3) is 0.278. The molecule has 0 spiro atoms. The molecular weight excluding hydrogens is 276 g/mol. The third-order valence-electron chi connectivity index (χ3n) is 3.47. The second kappa shape index (κ2) is 7.50. The van der Waals surface area contributed by atoms with Crippen LogP contribution in [0.4, 0.5) is 5.69 Å². The van der Waals surface area contributed by atoms with Crippen LogP contribution in [-0.2, 0) is 0 Å². The molecule has 0 bridgehead atoms. The second-order valence-corrected chi connectivity index (χ2v) is 4.91. The largest absolute Gasteiger partial charge is 0.493 e. The van der Waals surface area contributed by atoms with Gasteiger partial charge in [-0.05, 0) is 43.2 Å². The first-order valence-electron chi connectivity index (χ1n) is 7.30. The lowest BCUT2D eigenvalue weighted by Crippen LogP contribution is -2.06. The number of rotatable bonds is 6. The number of benzene rings is 2. The van der Waals surface area contributed by atoms with Gasteiger partial charge in [-0.15, -0.1) is 0 Å². The zero-order chi connectivity index (χ0) is 15.9. The van der Waals surface area contributed by atoms with Crippen molar-refractivity contribution in [1.29, 1.82) is 0 Å². The summed E-state index contributed by atoms with van der Waals surface area (Å²) in [7, 11) is 3.28. The molecule has 2 aromatic rings. The molecule has 2 rings (SSSR count). The molecule has 0 aliphatic rings. The van der Waals surface area contributed by atoms with Crippen LogP contribution >= 0.6 is 0 Å². The summed E-state index contributed by atoms with van der Waals surface area (Å²) >= 11 is 0. The molecule has 0 radical (unpaired) electrons. The van der Waals surface area contributed by atoms with Crippen molar-refractivity contribution >= 4 is 11.4 Å². The van der Waals surface area contributed by atoms with E-state index < -0.39 is 0 Å². The lowest BCUT2D eigenvalue weighted by molar-refractivity contribution is 0.354. The topological polar surface area (TPSA) is 42.9 Å². The molecule has 0 unspecified atom stereocenters. The average Bonchev–Trinajstić information content (AvgIpc) is 2.57. The first-order valence-corrected chi connectivity index (χ1v) is 7.30. The van der Waals surface area contributed by atoms with Gasteiger partial charge in [0, 0.05) is 5.56 Å². The number of hydrogen-bond donors (Lipinski definition) is 1. The maximum Gasteiger partial charge on any atom is 0.161 e. The van der Waals surface area contributed by atoms with E-state index in [4.69, 9.17) is 9.47 Å². The number of nitrogens with one attached hydrogen (secondary N) is 1. The summed E-state index contributed by atoms with van der Waals surface area (Å²) in [4.78, 5) is 0. The third-order valence-corrected chi connectivity index (χ3v) is 3.47. The van der Waals surface area contributed by atoms with E-state index in [-0.39, 0.29) is 0 Å². The number of para-hydroxylation sites is 1. The van der Waals surface area contributed by atoms with Crippen molar-refractivity contribution in [2.45, 2.75) is 20.3 Å². The van der Waals surface area contributed by atoms with Gasteiger partial charge in [0.2, 0.25) is 0 Å². The molecule has 0 aromatic heterocycles. The fourth-order valence-electron chi connectivity index (χ4n) is 2.27. The van der Waals surface area contributed by atoms with Crippen molar-refractivity contribution in [3.63, 3.8) is 0 Å². The second-order valence-electron chi connectivity index (χ2n) is 4.91. The molecule has 0 atom stereocenters. The monoisotopic (exact) mass is 298 g/mol. The molecule has 2 aromatic carbocycles. The molecule has 0 heterocycles. The van der Waals surface area contributed by atoms with Gasteiger partial charge < -0.3 is 9.47 Å². The van der Waals surface area contributed by atoms with Gasteiger partial charge >= 0.3 is 0 Å². The van der Waals surface area contributed by atoms with E-state index in [1.54, 1.807) is 14.2 Å². The first-order chi connectivity index (χ1) is 10.7. The minimum atomic E-state index is 0.712. The minimum absolute atomic E-state index is 0.712. The van der Waals surface area contributed by atoms with Crippen LogP contribution in [0.2, 0.25) is 0 Å². The summed E-state index contributed by atoms with van der Waals surface area (Å²) in [5, 5.41) is 4.54. The van der Waals surface area contributed by atoms with Crippen molar-refractivity contribution in [3.05, 3.63) is 53.6 Å². The van der Waals surface area contributed by atoms with Gasteiger partial charge in [0.05, 0.1) is 25.6 Å². The van der Waals surface area contributed by atoms with E-state index in [1.165, 1.54) is 0 Å². The first kappa shape index (κ1) is 15.9. The highest BCUT2D eigenvalue weighted by Gasteiger charge is 2.12. The molecule has 0 fully saturated rings. The number of methoxy groups -OCH3 is 2. The normalized spacial score (nSPS) is 11.2. The predicted molar refractivity (Wildman–Crippen MR) is 91.2 cm³/mol. The Kier molecular flexibility index (Phi) is 5.42. The van der Waals surface area contributed by atoms with Gasteiger partial charge in [0.1, 0.15) is 0 Å². The molecule has 0 aliphatic heterocycles. The zero-order valence-electron chi connectivity index (χ0n) is 13.5. The van der Waals surface area contributed by atoms with Crippen LogP contribution in [0.25, 0.3) is 0 Å². The summed E-state index contributed by atoms with van der Waals surface area (Å²) in [5.74, 6) is 1.44. The number of ether oxygens (including phenoxy) is 2. The molecule has 1 N–H and O–H groups in total. The molecule has 4 nitrogen and oxygen atoms in total. The molecule has 116 valence electrons. The summed E-state index contributed by atoms with van der Waals surface area (Å²) in [6.07, 6.45) is 0.816. The Hall–Kier alpha value is -2.49. The zero-order valence-corrected chi connectivity index (χ0v) is 13.5. The summed E-state index contributed by atoms with van der Waals surface area (Å²) in [5.41, 5.74) is 7.21. The quantitative estimate of drug-likeness (QED) is 0.641. The molecule has 0 amide bonds. The molecule has 0 saturated carbocycles. The Morgan fingerprint density at radius 3 is 2.27 bits per heavy atom. The van der Waals surface area contributed by atoms with Crippen LogP contribution in [0.3, 0.4) is 0 Å². The average molecular weight is 298 g/mol. The van der Waals surface area contributed by atoms with E-state index in [9.17, 15) is 0 Å². The maximum absolute atomic E-state index is 5.39. The van der Waals surface area contributed by atoms with Crippen LogP contribution < -0.4 is 14.9 Å². The number of anilines is 1. The Morgan fingerprint density at radius 2 is 1.68 bits per heavy atom. The van der Waals surface area contributed by atoms with Crippen LogP contribution in [-0.4, -0.2) is 19.9 Å². The highest BCUT2D eigenvalue weighted by Crippen LogP contribution is 2.31. The Balaban J connectivity index is 2.34. The smallest absolute Gasteiger partial charge is 0.161 e. The van der Waals surface area contributed by atoms with Crippen LogP contribution in [0, 0.1) is 6.92 Å². The fourth-order valence-corrected chi connectivity index (χ4v) is 2.27. The van der Waals surface area contributed by atoms with E-state index in [1.807, 2.05) is 49.4 Å². The summed E-state index contributed by atoms with van der Waals surface area (Å²) in [6.45, 7) is 4.13. The Morgan fingerprint density at radius 1 is 1.05 bits per heavy atom. The minimum Gasteiger partial charge on any atom is -0.493 e. The van der Waals surface area contributed by atoms with Crippen LogP contribution in [0.5, 0.6) is 11.5 Å². The standard InChI is InChI=1S/C18H22N2O2/c1-5-16(20-19-14-9-7-6-8-10-14)15-12-18(22-4)17(21-3)11-13(15)2/h6-12,19H,5H2,1-4H3. The van der Waals surface area contributed by atoms with E-state index >= 15 is 0 Å². The van der Waals surface area contributed by atoms with Crippen molar-refractivity contribution in [3.8, 4) is 11.5 Å². The number of hydrazone groups is 1. The summed E-state index contributed by atoms with van der Waals surface area (Å²) in [6, 6.07) is 13.9. The lowest BCUT2D eigenvalue weighted by Gasteiger charge is -2.14. The van der Waals surface area contributed by atoms with Crippen molar-refractivity contribution < 1.29 is 9.47 Å². The van der Waals surface area contributed by atoms with Gasteiger partial charge in [-0.3, -0.25) is 5.43 Å². The van der Waals surface area contributed by atoms with Crippen molar-refractivity contribution in [1.82, 2.24) is 0 Å². The van der Waals surface area contributed by atoms with Gasteiger partial charge in [-0.2, -0.15) is 5.10 Å². The highest BCUT2D eigenvalue weighted by atomic mass is 16.5. The van der Waals surface area contributed by atoms with Gasteiger partial charge in [0.25, 0.3) is 0 Å². The van der Waals surface area contributed by atoms with Crippen molar-refractivity contribution in [2.24, 2.45) is 5.10 Å².